The van der Waals surface area contributed by atoms with Gasteiger partial charge in [-0.15, -0.1) is 0 Å². The molecule has 0 saturated heterocycles. The molecule has 0 spiro atoms. The van der Waals surface area contributed by atoms with Gasteiger partial charge in [0.1, 0.15) is 11.5 Å². The lowest BCUT2D eigenvalue weighted by molar-refractivity contribution is 0.127. The number of benzene rings is 1. The molecule has 0 saturated carbocycles. The Balaban J connectivity index is 2.47. The Kier molecular flexibility index (Phi) is 5.31. The second-order valence-corrected chi connectivity index (χ2v) is 3.17. The van der Waals surface area contributed by atoms with Crippen LogP contribution < -0.4 is 4.74 Å². The Morgan fingerprint density at radius 3 is 2.59 bits per heavy atom. The van der Waals surface area contributed by atoms with Gasteiger partial charge in [0.05, 0.1) is 0 Å². The van der Waals surface area contributed by atoms with Gasteiger partial charge in [-0.05, 0) is 25.1 Å². The molecule has 0 fully saturated rings. The van der Waals surface area contributed by atoms with Gasteiger partial charge in [0.25, 0.3) is 0 Å². The first kappa shape index (κ1) is 12.8. The molecule has 3 heteroatoms. The summed E-state index contributed by atoms with van der Waals surface area (Å²) in [5, 5.41) is 0. The predicted octanol–water partition coefficient (Wildman–Crippen LogP) is 3.85. The summed E-state index contributed by atoms with van der Waals surface area (Å²) in [6.07, 6.45) is 5.98. The lowest BCUT2D eigenvalue weighted by Crippen LogP contribution is -2.09. The standard InChI is InChI=1S/C14H14O3/c1-3-4-6-9-12(2)16-14(15)17-13-10-7-5-8-11-13/h3-11H,1H2,2H3/b6-4-,12-9+. The molecule has 0 amide bonds. The summed E-state index contributed by atoms with van der Waals surface area (Å²) < 4.78 is 9.86. The number of hydrogen-bond donors (Lipinski definition) is 0. The van der Waals surface area contributed by atoms with E-state index in [9.17, 15) is 4.79 Å². The summed E-state index contributed by atoms with van der Waals surface area (Å²) in [5.74, 6) is 0.899. The van der Waals surface area contributed by atoms with Crippen molar-refractivity contribution in [1.29, 1.82) is 0 Å². The molecule has 0 aliphatic carbocycles. The van der Waals surface area contributed by atoms with Crippen molar-refractivity contribution in [3.63, 3.8) is 0 Å². The summed E-state index contributed by atoms with van der Waals surface area (Å²) >= 11 is 0. The Hall–Kier alpha value is -2.29. The molecule has 0 N–H and O–H groups in total. The number of allylic oxidation sites excluding steroid dienone is 5. The van der Waals surface area contributed by atoms with Gasteiger partial charge in [-0.3, -0.25) is 0 Å². The van der Waals surface area contributed by atoms with E-state index in [2.05, 4.69) is 6.58 Å². The van der Waals surface area contributed by atoms with Crippen molar-refractivity contribution in [2.75, 3.05) is 0 Å². The van der Waals surface area contributed by atoms with E-state index in [-0.39, 0.29) is 0 Å². The zero-order valence-corrected chi connectivity index (χ0v) is 9.63. The van der Waals surface area contributed by atoms with Gasteiger partial charge >= 0.3 is 6.16 Å². The lowest BCUT2D eigenvalue weighted by atomic mass is 10.3. The molecular formula is C14H14O3. The van der Waals surface area contributed by atoms with Gasteiger partial charge in [0.15, 0.2) is 0 Å². The van der Waals surface area contributed by atoms with Crippen LogP contribution in [0.3, 0.4) is 0 Å². The number of para-hydroxylation sites is 1. The maximum absolute atomic E-state index is 11.3. The van der Waals surface area contributed by atoms with E-state index < -0.39 is 6.16 Å². The van der Waals surface area contributed by atoms with Crippen molar-refractivity contribution < 1.29 is 14.3 Å². The van der Waals surface area contributed by atoms with Crippen LogP contribution >= 0.6 is 0 Å². The van der Waals surface area contributed by atoms with Crippen molar-refractivity contribution in [2.24, 2.45) is 0 Å². The smallest absolute Gasteiger partial charge is 0.400 e. The Labute approximate surface area is 101 Å². The van der Waals surface area contributed by atoms with Crippen LogP contribution in [0.5, 0.6) is 5.75 Å². The molecule has 88 valence electrons. The minimum Gasteiger partial charge on any atom is -0.400 e. The highest BCUT2D eigenvalue weighted by atomic mass is 16.7. The molecule has 0 heterocycles. The van der Waals surface area contributed by atoms with E-state index in [1.54, 1.807) is 55.5 Å². The third-order valence-corrected chi connectivity index (χ3v) is 1.77. The van der Waals surface area contributed by atoms with Crippen LogP contribution in [0.1, 0.15) is 6.92 Å². The lowest BCUT2D eigenvalue weighted by Gasteiger charge is -2.04. The summed E-state index contributed by atoms with van der Waals surface area (Å²) in [5.41, 5.74) is 0. The van der Waals surface area contributed by atoms with Crippen molar-refractivity contribution in [1.82, 2.24) is 0 Å². The second-order valence-electron chi connectivity index (χ2n) is 3.17. The molecule has 1 aromatic carbocycles. The van der Waals surface area contributed by atoms with Crippen molar-refractivity contribution in [3.8, 4) is 5.75 Å². The number of carbonyl (C=O) groups excluding carboxylic acids is 1. The summed E-state index contributed by atoms with van der Waals surface area (Å²) in [7, 11) is 0. The molecule has 0 atom stereocenters. The third kappa shape index (κ3) is 5.37. The monoisotopic (exact) mass is 230 g/mol. The van der Waals surface area contributed by atoms with Gasteiger partial charge in [0, 0.05) is 0 Å². The van der Waals surface area contributed by atoms with E-state index in [0.717, 1.165) is 0 Å². The summed E-state index contributed by atoms with van der Waals surface area (Å²) in [6, 6.07) is 8.75. The average Bonchev–Trinajstić information content (AvgIpc) is 2.30. The van der Waals surface area contributed by atoms with Gasteiger partial charge in [0.2, 0.25) is 0 Å². The molecule has 1 aromatic rings. The molecular weight excluding hydrogens is 216 g/mol. The molecule has 0 aromatic heterocycles. The molecule has 1 rings (SSSR count). The molecule has 0 aliphatic heterocycles. The number of rotatable bonds is 4. The normalized spacial score (nSPS) is 11.2. The van der Waals surface area contributed by atoms with E-state index in [4.69, 9.17) is 9.47 Å². The Morgan fingerprint density at radius 2 is 1.94 bits per heavy atom. The third-order valence-electron chi connectivity index (χ3n) is 1.77. The van der Waals surface area contributed by atoms with Crippen LogP contribution in [0, 0.1) is 0 Å². The molecule has 17 heavy (non-hydrogen) atoms. The zero-order chi connectivity index (χ0) is 12.5. The fourth-order valence-electron chi connectivity index (χ4n) is 1.04. The summed E-state index contributed by atoms with van der Waals surface area (Å²) in [6.45, 7) is 5.19. The number of ether oxygens (including phenoxy) is 2. The highest BCUT2D eigenvalue weighted by Crippen LogP contribution is 2.10. The topological polar surface area (TPSA) is 35.5 Å². The van der Waals surface area contributed by atoms with Gasteiger partial charge in [-0.1, -0.05) is 43.0 Å². The highest BCUT2D eigenvalue weighted by Gasteiger charge is 2.05. The number of hydrogen-bond acceptors (Lipinski definition) is 3. The van der Waals surface area contributed by atoms with Gasteiger partial charge in [-0.25, -0.2) is 4.79 Å². The molecule has 0 unspecified atom stereocenters. The minimum absolute atomic E-state index is 0.448. The van der Waals surface area contributed by atoms with Crippen molar-refractivity contribution in [2.45, 2.75) is 6.92 Å². The quantitative estimate of drug-likeness (QED) is 0.341. The second kappa shape index (κ2) is 7.06. The molecule has 3 nitrogen and oxygen atoms in total. The van der Waals surface area contributed by atoms with Crippen molar-refractivity contribution in [3.05, 3.63) is 67.0 Å². The molecule has 0 aliphatic rings. The minimum atomic E-state index is -0.753. The maximum Gasteiger partial charge on any atom is 0.519 e. The van der Waals surface area contributed by atoms with Crippen LogP contribution in [0.15, 0.2) is 67.0 Å². The van der Waals surface area contributed by atoms with Gasteiger partial charge in [-0.2, -0.15) is 0 Å². The largest absolute Gasteiger partial charge is 0.519 e. The van der Waals surface area contributed by atoms with E-state index >= 15 is 0 Å². The Morgan fingerprint density at radius 1 is 1.24 bits per heavy atom. The van der Waals surface area contributed by atoms with E-state index in [1.807, 2.05) is 6.07 Å². The Bertz CT molecular complexity index is 430. The highest BCUT2D eigenvalue weighted by molar-refractivity contribution is 5.65. The first-order valence-corrected chi connectivity index (χ1v) is 5.13. The van der Waals surface area contributed by atoms with Crippen LogP contribution in [0.2, 0.25) is 0 Å². The summed E-state index contributed by atoms with van der Waals surface area (Å²) in [4.78, 5) is 11.3. The van der Waals surface area contributed by atoms with Crippen LogP contribution in [-0.2, 0) is 4.74 Å². The van der Waals surface area contributed by atoms with E-state index in [1.165, 1.54) is 0 Å². The molecule has 0 bridgehead atoms. The van der Waals surface area contributed by atoms with Crippen molar-refractivity contribution >= 4 is 6.16 Å². The zero-order valence-electron chi connectivity index (χ0n) is 9.63. The maximum atomic E-state index is 11.3. The van der Waals surface area contributed by atoms with Gasteiger partial charge < -0.3 is 9.47 Å². The van der Waals surface area contributed by atoms with E-state index in [0.29, 0.717) is 11.5 Å². The number of carbonyl (C=O) groups is 1. The average molecular weight is 230 g/mol. The fraction of sp³-hybridized carbons (Fsp3) is 0.0714. The predicted molar refractivity (Wildman–Crippen MR) is 66.6 cm³/mol. The first-order chi connectivity index (χ1) is 8.22. The SMILES string of the molecule is C=C/C=C\C=C(/C)OC(=O)Oc1ccccc1. The van der Waals surface area contributed by atoms with Crippen LogP contribution in [0.25, 0.3) is 0 Å². The fourth-order valence-corrected chi connectivity index (χ4v) is 1.04. The van der Waals surface area contributed by atoms with Crippen LogP contribution in [-0.4, -0.2) is 6.16 Å². The molecule has 0 radical (unpaired) electrons. The van der Waals surface area contributed by atoms with Crippen LogP contribution in [0.4, 0.5) is 4.79 Å². The first-order valence-electron chi connectivity index (χ1n) is 5.13.